The minimum Gasteiger partial charge on any atom is -0.325 e. The predicted molar refractivity (Wildman–Crippen MR) is 99.2 cm³/mol. The molecule has 2 N–H and O–H groups in total. The summed E-state index contributed by atoms with van der Waals surface area (Å²) in [6.45, 7) is 5.40. The summed E-state index contributed by atoms with van der Waals surface area (Å²) in [6, 6.07) is 7.81. The average Bonchev–Trinajstić information content (AvgIpc) is 3.10. The van der Waals surface area contributed by atoms with Gasteiger partial charge >= 0.3 is 0 Å². The van der Waals surface area contributed by atoms with E-state index in [4.69, 9.17) is 0 Å². The summed E-state index contributed by atoms with van der Waals surface area (Å²) in [5.41, 5.74) is 1.91. The second-order valence-electron chi connectivity index (χ2n) is 5.70. The number of hydrogen-bond acceptors (Lipinski definition) is 4. The standard InChI is InChI=1S/C16H21N5O.2ClH/c1-11-18-12(2)21(20-11)10-13-5-3-6-14(9-13)19-16(22)15-7-4-8-17-15;;/h3,5-6,9,15,17H,4,7-8,10H2,1-2H3,(H,19,22);2*1H. The number of halogens is 2. The van der Waals surface area contributed by atoms with Crippen molar-refractivity contribution in [2.75, 3.05) is 11.9 Å². The van der Waals surface area contributed by atoms with E-state index in [1.54, 1.807) is 0 Å². The topological polar surface area (TPSA) is 71.8 Å². The first-order valence-corrected chi connectivity index (χ1v) is 7.63. The Kier molecular flexibility index (Phi) is 7.66. The van der Waals surface area contributed by atoms with Crippen molar-refractivity contribution in [3.05, 3.63) is 41.5 Å². The summed E-state index contributed by atoms with van der Waals surface area (Å²) in [4.78, 5) is 16.4. The number of carbonyl (C=O) groups excluding carboxylic acids is 1. The van der Waals surface area contributed by atoms with E-state index < -0.39 is 0 Å². The first-order chi connectivity index (χ1) is 10.6. The maximum atomic E-state index is 12.1. The molecule has 0 radical (unpaired) electrons. The normalized spacial score (nSPS) is 16.2. The highest BCUT2D eigenvalue weighted by Gasteiger charge is 2.21. The summed E-state index contributed by atoms with van der Waals surface area (Å²) in [6.07, 6.45) is 1.96. The number of amides is 1. The van der Waals surface area contributed by atoms with Gasteiger partial charge in [0.25, 0.3) is 0 Å². The van der Waals surface area contributed by atoms with Crippen molar-refractivity contribution in [1.82, 2.24) is 20.1 Å². The number of rotatable bonds is 4. The molecule has 0 saturated carbocycles. The van der Waals surface area contributed by atoms with Crippen LogP contribution in [-0.2, 0) is 11.3 Å². The molecule has 1 aliphatic rings. The third-order valence-corrected chi connectivity index (χ3v) is 3.87. The summed E-state index contributed by atoms with van der Waals surface area (Å²) >= 11 is 0. The maximum Gasteiger partial charge on any atom is 0.241 e. The van der Waals surface area contributed by atoms with Crippen LogP contribution in [0.1, 0.15) is 30.1 Å². The molecule has 1 unspecified atom stereocenters. The van der Waals surface area contributed by atoms with Crippen LogP contribution in [0.15, 0.2) is 24.3 Å². The van der Waals surface area contributed by atoms with Crippen LogP contribution >= 0.6 is 24.8 Å². The van der Waals surface area contributed by atoms with Crippen LogP contribution in [-0.4, -0.2) is 33.3 Å². The Hall–Kier alpha value is -1.63. The van der Waals surface area contributed by atoms with Crippen molar-refractivity contribution in [2.24, 2.45) is 0 Å². The van der Waals surface area contributed by atoms with Crippen LogP contribution in [0.5, 0.6) is 0 Å². The second-order valence-corrected chi connectivity index (χ2v) is 5.70. The molecule has 3 rings (SSSR count). The fraction of sp³-hybridized carbons (Fsp3) is 0.438. The summed E-state index contributed by atoms with van der Waals surface area (Å²) in [5, 5.41) is 10.6. The molecule has 1 amide bonds. The van der Waals surface area contributed by atoms with Gasteiger partial charge in [-0.1, -0.05) is 12.1 Å². The van der Waals surface area contributed by atoms with Gasteiger partial charge in [-0.05, 0) is 50.9 Å². The van der Waals surface area contributed by atoms with Crippen molar-refractivity contribution in [3.8, 4) is 0 Å². The Balaban J connectivity index is 0.00000144. The number of hydrogen-bond donors (Lipinski definition) is 2. The van der Waals surface area contributed by atoms with Gasteiger partial charge in [0.15, 0.2) is 0 Å². The summed E-state index contributed by atoms with van der Waals surface area (Å²) in [7, 11) is 0. The molecule has 1 aromatic carbocycles. The number of nitrogens with one attached hydrogen (secondary N) is 2. The minimum absolute atomic E-state index is 0. The van der Waals surface area contributed by atoms with Crippen molar-refractivity contribution >= 4 is 36.4 Å². The van der Waals surface area contributed by atoms with Gasteiger partial charge in [-0.25, -0.2) is 9.67 Å². The van der Waals surface area contributed by atoms with E-state index in [0.29, 0.717) is 6.54 Å². The van der Waals surface area contributed by atoms with Crippen LogP contribution in [0.2, 0.25) is 0 Å². The Morgan fingerprint density at radius 3 is 2.79 bits per heavy atom. The van der Waals surface area contributed by atoms with E-state index in [0.717, 1.165) is 42.3 Å². The first-order valence-electron chi connectivity index (χ1n) is 7.63. The first kappa shape index (κ1) is 20.4. The molecule has 1 saturated heterocycles. The number of aryl methyl sites for hydroxylation is 2. The van der Waals surface area contributed by atoms with E-state index in [1.807, 2.05) is 42.8 Å². The molecule has 1 aliphatic heterocycles. The monoisotopic (exact) mass is 371 g/mol. The molecule has 1 fully saturated rings. The molecule has 2 heterocycles. The Labute approximate surface area is 154 Å². The SMILES string of the molecule is Cc1nc(C)n(Cc2cccc(NC(=O)C3CCCN3)c2)n1.Cl.Cl. The van der Waals surface area contributed by atoms with Gasteiger partial charge in [0.1, 0.15) is 11.6 Å². The van der Waals surface area contributed by atoms with Crippen LogP contribution in [0.4, 0.5) is 5.69 Å². The lowest BCUT2D eigenvalue weighted by atomic mass is 10.1. The molecule has 0 spiro atoms. The fourth-order valence-electron chi connectivity index (χ4n) is 2.77. The zero-order valence-corrected chi connectivity index (χ0v) is 15.4. The molecule has 0 bridgehead atoms. The lowest BCUT2D eigenvalue weighted by Crippen LogP contribution is -2.35. The molecule has 8 heteroatoms. The van der Waals surface area contributed by atoms with Gasteiger partial charge in [0.2, 0.25) is 5.91 Å². The van der Waals surface area contributed by atoms with Gasteiger partial charge in [-0.15, -0.1) is 24.8 Å². The molecule has 2 aromatic rings. The van der Waals surface area contributed by atoms with Crippen molar-refractivity contribution in [3.63, 3.8) is 0 Å². The highest BCUT2D eigenvalue weighted by Crippen LogP contribution is 2.14. The minimum atomic E-state index is -0.0659. The van der Waals surface area contributed by atoms with E-state index in [2.05, 4.69) is 20.7 Å². The summed E-state index contributed by atoms with van der Waals surface area (Å²) < 4.78 is 1.87. The van der Waals surface area contributed by atoms with E-state index >= 15 is 0 Å². The number of anilines is 1. The quantitative estimate of drug-likeness (QED) is 0.865. The molecule has 1 aromatic heterocycles. The van der Waals surface area contributed by atoms with Crippen LogP contribution < -0.4 is 10.6 Å². The molecular formula is C16H23Cl2N5O. The van der Waals surface area contributed by atoms with E-state index in [1.165, 1.54) is 0 Å². The Morgan fingerprint density at radius 1 is 1.38 bits per heavy atom. The zero-order chi connectivity index (χ0) is 15.5. The van der Waals surface area contributed by atoms with Gasteiger partial charge in [-0.2, -0.15) is 5.10 Å². The highest BCUT2D eigenvalue weighted by molar-refractivity contribution is 5.95. The highest BCUT2D eigenvalue weighted by atomic mass is 35.5. The molecule has 132 valence electrons. The Morgan fingerprint density at radius 2 is 2.17 bits per heavy atom. The van der Waals surface area contributed by atoms with Crippen LogP contribution in [0.25, 0.3) is 0 Å². The largest absolute Gasteiger partial charge is 0.325 e. The summed E-state index contributed by atoms with van der Waals surface area (Å²) in [5.74, 6) is 1.71. The molecule has 0 aliphatic carbocycles. The lowest BCUT2D eigenvalue weighted by molar-refractivity contribution is -0.117. The zero-order valence-electron chi connectivity index (χ0n) is 13.8. The third kappa shape index (κ3) is 4.93. The van der Waals surface area contributed by atoms with Gasteiger partial charge < -0.3 is 10.6 Å². The average molecular weight is 372 g/mol. The van der Waals surface area contributed by atoms with Gasteiger partial charge in [0.05, 0.1) is 12.6 Å². The lowest BCUT2D eigenvalue weighted by Gasteiger charge is -2.12. The number of carbonyl (C=O) groups is 1. The molecule has 24 heavy (non-hydrogen) atoms. The number of nitrogens with zero attached hydrogens (tertiary/aromatic N) is 3. The second kappa shape index (κ2) is 9.01. The van der Waals surface area contributed by atoms with Crippen molar-refractivity contribution < 1.29 is 4.79 Å². The van der Waals surface area contributed by atoms with Crippen molar-refractivity contribution in [1.29, 1.82) is 0 Å². The van der Waals surface area contributed by atoms with Crippen LogP contribution in [0, 0.1) is 13.8 Å². The van der Waals surface area contributed by atoms with Gasteiger partial charge in [-0.3, -0.25) is 4.79 Å². The maximum absolute atomic E-state index is 12.1. The number of benzene rings is 1. The molecule has 6 nitrogen and oxygen atoms in total. The smallest absolute Gasteiger partial charge is 0.241 e. The fourth-order valence-corrected chi connectivity index (χ4v) is 2.77. The Bertz CT molecular complexity index is 683. The molecule has 1 atom stereocenters. The van der Waals surface area contributed by atoms with Crippen molar-refractivity contribution in [2.45, 2.75) is 39.3 Å². The number of aromatic nitrogens is 3. The molecular weight excluding hydrogens is 349 g/mol. The third-order valence-electron chi connectivity index (χ3n) is 3.87. The van der Waals surface area contributed by atoms with Gasteiger partial charge in [0, 0.05) is 5.69 Å². The predicted octanol–water partition coefficient (Wildman–Crippen LogP) is 2.48. The van der Waals surface area contributed by atoms with E-state index in [9.17, 15) is 4.79 Å². The van der Waals surface area contributed by atoms with E-state index in [-0.39, 0.29) is 36.8 Å². The van der Waals surface area contributed by atoms with Crippen LogP contribution in [0.3, 0.4) is 0 Å².